The van der Waals surface area contributed by atoms with Crippen LogP contribution in [-0.4, -0.2) is 23.1 Å². The highest BCUT2D eigenvalue weighted by molar-refractivity contribution is 9.11. The molecule has 0 atom stereocenters. The van der Waals surface area contributed by atoms with Crippen LogP contribution in [0.15, 0.2) is 11.1 Å². The summed E-state index contributed by atoms with van der Waals surface area (Å²) in [4.78, 5) is 1.87. The number of rotatable bonds is 1. The van der Waals surface area contributed by atoms with Gasteiger partial charge in [-0.3, -0.25) is 0 Å². The van der Waals surface area contributed by atoms with Crippen molar-refractivity contribution >= 4 is 39.0 Å². The molecule has 0 aliphatic rings. The van der Waals surface area contributed by atoms with Gasteiger partial charge in [0, 0.05) is 0 Å². The molecule has 0 unspecified atom stereocenters. The third-order valence-electron chi connectivity index (χ3n) is 0.325. The number of hydrogen-bond acceptors (Lipinski definition) is 0. The Bertz CT molecular complexity index is 34.5. The van der Waals surface area contributed by atoms with Crippen molar-refractivity contribution in [3.05, 3.63) is 11.1 Å². The first kappa shape index (κ1) is 10.1. The number of hydrogen-bond donors (Lipinski definition) is 0. The predicted octanol–water partition coefficient (Wildman–Crippen LogP) is 1.39. The molecule has 0 aromatic carbocycles. The van der Waals surface area contributed by atoms with Crippen molar-refractivity contribution in [1.29, 1.82) is 0 Å². The summed E-state index contributed by atoms with van der Waals surface area (Å²) < 4.78 is 0. The Kier molecular flexibility index (Phi) is 15.7. The second-order valence-electron chi connectivity index (χ2n) is 0.770. The van der Waals surface area contributed by atoms with E-state index in [0.29, 0.717) is 0 Å². The fraction of sp³-hybridized carbons (Fsp3) is 0.500. The molecule has 0 radical (unpaired) electrons. The Morgan fingerprint density at radius 1 is 1.67 bits per heavy atom. The lowest BCUT2D eigenvalue weighted by atomic mass is 10.5. The molecule has 0 aromatic rings. The van der Waals surface area contributed by atoms with Crippen LogP contribution >= 0.6 is 15.9 Å². The summed E-state index contributed by atoms with van der Waals surface area (Å²) in [6.07, 6.45) is 3.16. The van der Waals surface area contributed by atoms with Crippen LogP contribution in [0.4, 0.5) is 0 Å². The lowest BCUT2D eigenvalue weighted by Crippen LogP contribution is -1.40. The molecule has 0 bridgehead atoms. The van der Waals surface area contributed by atoms with Crippen molar-refractivity contribution < 1.29 is 0 Å². The standard InChI is InChI=1S/C4H7Br.Mg.2H/c1-2-3-4-5;;;/h3-4H,2H2,1H3;;;/b4-3+;;;. The van der Waals surface area contributed by atoms with E-state index in [1.807, 2.05) is 11.1 Å². The molecule has 0 spiro atoms. The largest absolute Gasteiger partial charge is 0.316 e. The molecule has 0 amide bonds. The summed E-state index contributed by atoms with van der Waals surface area (Å²) in [5.74, 6) is 0. The second kappa shape index (κ2) is 9.37. The van der Waals surface area contributed by atoms with E-state index in [0.717, 1.165) is 6.42 Å². The minimum atomic E-state index is 0. The highest BCUT2D eigenvalue weighted by Crippen LogP contribution is 1.83. The third-order valence-corrected chi connectivity index (χ3v) is 0.699. The molecule has 0 saturated carbocycles. The molecular weight excluding hydrogens is 152 g/mol. The van der Waals surface area contributed by atoms with Gasteiger partial charge in [0.1, 0.15) is 0 Å². The summed E-state index contributed by atoms with van der Waals surface area (Å²) in [6, 6.07) is 0. The van der Waals surface area contributed by atoms with E-state index in [2.05, 4.69) is 22.9 Å². The zero-order chi connectivity index (χ0) is 4.12. The zero-order valence-corrected chi connectivity index (χ0v) is 4.83. The maximum absolute atomic E-state index is 3.13. The molecule has 0 fully saturated rings. The Morgan fingerprint density at radius 2 is 2.17 bits per heavy atom. The lowest BCUT2D eigenvalue weighted by molar-refractivity contribution is 1.23. The molecule has 34 valence electrons. The molecule has 0 saturated heterocycles. The predicted molar refractivity (Wildman–Crippen MR) is 36.9 cm³/mol. The van der Waals surface area contributed by atoms with Crippen molar-refractivity contribution in [2.24, 2.45) is 0 Å². The van der Waals surface area contributed by atoms with Gasteiger partial charge in [-0.1, -0.05) is 28.9 Å². The van der Waals surface area contributed by atoms with Crippen molar-refractivity contribution in [2.75, 3.05) is 0 Å². The summed E-state index contributed by atoms with van der Waals surface area (Å²) in [7, 11) is 0. The van der Waals surface area contributed by atoms with Crippen LogP contribution in [0.1, 0.15) is 13.3 Å². The highest BCUT2D eigenvalue weighted by Gasteiger charge is 1.53. The van der Waals surface area contributed by atoms with E-state index in [4.69, 9.17) is 0 Å². The monoisotopic (exact) mass is 160 g/mol. The van der Waals surface area contributed by atoms with Gasteiger partial charge in [-0.25, -0.2) is 0 Å². The van der Waals surface area contributed by atoms with Crippen LogP contribution in [0.5, 0.6) is 0 Å². The van der Waals surface area contributed by atoms with E-state index in [1.165, 1.54) is 0 Å². The van der Waals surface area contributed by atoms with Crippen LogP contribution in [0.2, 0.25) is 0 Å². The maximum Gasteiger partial charge on any atom is 0.316 e. The van der Waals surface area contributed by atoms with Crippen LogP contribution in [0, 0.1) is 0 Å². The van der Waals surface area contributed by atoms with Crippen molar-refractivity contribution in [3.63, 3.8) is 0 Å². The van der Waals surface area contributed by atoms with Gasteiger partial charge >= 0.3 is 23.1 Å². The molecule has 2 heteroatoms. The summed E-state index contributed by atoms with van der Waals surface area (Å²) >= 11 is 3.13. The molecule has 0 rings (SSSR count). The molecule has 6 heavy (non-hydrogen) atoms. The maximum atomic E-state index is 3.13. The minimum Gasteiger partial charge on any atom is -0.0779 e. The van der Waals surface area contributed by atoms with E-state index >= 15 is 0 Å². The SMILES string of the molecule is CC/C=C/Br.[MgH2]. The molecule has 0 aliphatic heterocycles. The van der Waals surface area contributed by atoms with Crippen LogP contribution < -0.4 is 0 Å². The third kappa shape index (κ3) is 8.88. The van der Waals surface area contributed by atoms with Gasteiger partial charge in [-0.05, 0) is 11.4 Å². The first-order chi connectivity index (χ1) is 2.41. The normalized spacial score (nSPS) is 8.33. The Labute approximate surface area is 63.3 Å². The first-order valence-electron chi connectivity index (χ1n) is 1.67. The Hall–Kier alpha value is 0.986. The zero-order valence-electron chi connectivity index (χ0n) is 3.24. The Balaban J connectivity index is 0. The summed E-state index contributed by atoms with van der Waals surface area (Å²) in [5, 5.41) is 0. The molecule has 0 nitrogen and oxygen atoms in total. The van der Waals surface area contributed by atoms with Gasteiger partial charge in [-0.15, -0.1) is 0 Å². The number of allylic oxidation sites excluding steroid dienone is 1. The van der Waals surface area contributed by atoms with E-state index in [-0.39, 0.29) is 23.1 Å². The molecule has 0 aromatic heterocycles. The van der Waals surface area contributed by atoms with Gasteiger partial charge in [0.25, 0.3) is 0 Å². The van der Waals surface area contributed by atoms with Crippen LogP contribution in [0.25, 0.3) is 0 Å². The average Bonchev–Trinajstić information content (AvgIpc) is 1.41. The molecular formula is C4H9BrMg. The van der Waals surface area contributed by atoms with Crippen LogP contribution in [-0.2, 0) is 0 Å². The minimum absolute atomic E-state index is 0. The van der Waals surface area contributed by atoms with Gasteiger partial charge in [0.15, 0.2) is 0 Å². The Morgan fingerprint density at radius 3 is 2.17 bits per heavy atom. The van der Waals surface area contributed by atoms with Crippen molar-refractivity contribution in [2.45, 2.75) is 13.3 Å². The molecule has 0 N–H and O–H groups in total. The number of halogens is 1. The van der Waals surface area contributed by atoms with Gasteiger partial charge in [0.2, 0.25) is 0 Å². The summed E-state index contributed by atoms with van der Waals surface area (Å²) in [5.41, 5.74) is 0. The fourth-order valence-corrected chi connectivity index (χ4v) is 0.463. The topological polar surface area (TPSA) is 0 Å². The van der Waals surface area contributed by atoms with E-state index in [9.17, 15) is 0 Å². The molecule has 0 aliphatic carbocycles. The van der Waals surface area contributed by atoms with Crippen LogP contribution in [0.3, 0.4) is 0 Å². The van der Waals surface area contributed by atoms with Crippen molar-refractivity contribution in [1.82, 2.24) is 0 Å². The van der Waals surface area contributed by atoms with Gasteiger partial charge < -0.3 is 0 Å². The van der Waals surface area contributed by atoms with Crippen molar-refractivity contribution in [3.8, 4) is 0 Å². The lowest BCUT2D eigenvalue weighted by Gasteiger charge is -1.63. The average molecular weight is 161 g/mol. The van der Waals surface area contributed by atoms with Gasteiger partial charge in [0.05, 0.1) is 0 Å². The van der Waals surface area contributed by atoms with E-state index in [1.54, 1.807) is 0 Å². The molecule has 0 heterocycles. The van der Waals surface area contributed by atoms with Gasteiger partial charge in [-0.2, -0.15) is 0 Å². The quantitative estimate of drug-likeness (QED) is 0.510. The second-order valence-corrected chi connectivity index (χ2v) is 1.30. The van der Waals surface area contributed by atoms with E-state index < -0.39 is 0 Å². The first-order valence-corrected chi connectivity index (χ1v) is 2.58. The summed E-state index contributed by atoms with van der Waals surface area (Å²) in [6.45, 7) is 2.10. The fourth-order valence-electron chi connectivity index (χ4n) is 0.0891. The highest BCUT2D eigenvalue weighted by atomic mass is 79.9. The smallest absolute Gasteiger partial charge is 0.0779 e.